The lowest BCUT2D eigenvalue weighted by atomic mass is 10.3. The first-order valence-electron chi connectivity index (χ1n) is 6.04. The van der Waals surface area contributed by atoms with E-state index >= 15 is 0 Å². The third-order valence-electron chi connectivity index (χ3n) is 0.595. The van der Waals surface area contributed by atoms with Gasteiger partial charge in [-0.05, 0) is 33.6 Å². The summed E-state index contributed by atoms with van der Waals surface area (Å²) in [5.74, 6) is 0.833. The second-order valence-electron chi connectivity index (χ2n) is 4.88. The summed E-state index contributed by atoms with van der Waals surface area (Å²) in [7, 11) is -4.56. The maximum absolute atomic E-state index is 10.2. The third kappa shape index (κ3) is 105. The topological polar surface area (TPSA) is 122 Å². The van der Waals surface area contributed by atoms with Crippen LogP contribution in [0, 0.1) is 5.92 Å². The van der Waals surface area contributed by atoms with Crippen molar-refractivity contribution in [3.63, 3.8) is 0 Å². The van der Waals surface area contributed by atoms with E-state index in [4.69, 9.17) is 14.7 Å². The van der Waals surface area contributed by atoms with Crippen LogP contribution in [0.2, 0.25) is 0 Å². The highest BCUT2D eigenvalue weighted by atomic mass is 31.2. The molecule has 1 unspecified atom stereocenters. The summed E-state index contributed by atoms with van der Waals surface area (Å²) in [6, 6.07) is 0. The molecule has 0 radical (unpaired) electrons. The van der Waals surface area contributed by atoms with E-state index in [1.165, 1.54) is 0 Å². The van der Waals surface area contributed by atoms with Crippen molar-refractivity contribution in [2.24, 2.45) is 5.92 Å². The largest absolute Gasteiger partial charge is 0.779 e. The highest BCUT2D eigenvalue weighted by molar-refractivity contribution is 7.50. The van der Waals surface area contributed by atoms with Gasteiger partial charge in [-0.1, -0.05) is 20.8 Å². The number of hydrogen-bond donors (Lipinski definition) is 0. The summed E-state index contributed by atoms with van der Waals surface area (Å²) < 4.78 is 23.0. The molecule has 1 atom stereocenters. The Hall–Kier alpha value is 0.130. The summed E-state index contributed by atoms with van der Waals surface area (Å²) in [6.45, 7) is 14.3. The van der Waals surface area contributed by atoms with Crippen LogP contribution in [-0.2, 0) is 18.5 Å². The van der Waals surface area contributed by atoms with Crippen LogP contribution in [0.15, 0.2) is 0 Å². The number of rotatable bonds is 3. The average molecular weight is 333 g/mol. The summed E-state index contributed by atoms with van der Waals surface area (Å²) in [4.78, 5) is 22.1. The maximum atomic E-state index is 10.2. The van der Waals surface area contributed by atoms with E-state index in [0.717, 1.165) is 12.6 Å². The maximum Gasteiger partial charge on any atom is 0.132 e. The van der Waals surface area contributed by atoms with E-state index in [1.54, 1.807) is 27.7 Å². The van der Waals surface area contributed by atoms with Gasteiger partial charge in [0.2, 0.25) is 0 Å². The molecule has 9 heteroatoms. The molecule has 0 amide bonds. The zero-order valence-electron chi connectivity index (χ0n) is 13.5. The van der Waals surface area contributed by atoms with Crippen LogP contribution in [0.5, 0.6) is 0 Å². The Labute approximate surface area is 124 Å². The van der Waals surface area contributed by atoms with Gasteiger partial charge in [-0.3, -0.25) is 4.57 Å². The normalized spacial score (nSPS) is 12.7. The molecule has 0 saturated heterocycles. The quantitative estimate of drug-likeness (QED) is 0.435. The fraction of sp³-hybridized carbons (Fsp3) is 1.00. The second-order valence-corrected chi connectivity index (χ2v) is 6.78. The zero-order chi connectivity index (χ0) is 17.4. The van der Waals surface area contributed by atoms with Gasteiger partial charge >= 0.3 is 0 Å². The van der Waals surface area contributed by atoms with Crippen molar-refractivity contribution in [1.29, 1.82) is 0 Å². The molecule has 0 N–H and O–H groups in total. The Bertz CT molecular complexity index is 224. The molecule has 0 bridgehead atoms. The van der Waals surface area contributed by atoms with E-state index in [9.17, 15) is 9.46 Å². The molecule has 126 valence electrons. The molecule has 0 aliphatic heterocycles. The molecule has 0 aromatic carbocycles. The van der Waals surface area contributed by atoms with E-state index in [0.29, 0.717) is 0 Å². The number of hydrogen-bond acceptors (Lipinski definition) is 7. The van der Waals surface area contributed by atoms with Gasteiger partial charge in [-0.15, -0.1) is 0 Å². The van der Waals surface area contributed by atoms with Crippen molar-refractivity contribution in [2.45, 2.75) is 60.7 Å². The first-order chi connectivity index (χ1) is 8.83. The molecule has 0 rings (SSSR count). The van der Waals surface area contributed by atoms with Crippen molar-refractivity contribution in [1.82, 2.24) is 0 Å². The fourth-order valence-electron chi connectivity index (χ4n) is 0.383. The summed E-state index contributed by atoms with van der Waals surface area (Å²) in [5, 5.41) is 9.13. The van der Waals surface area contributed by atoms with Gasteiger partial charge in [0.05, 0.1) is 14.8 Å². The monoisotopic (exact) mass is 333 g/mol. The molecular formula is C11H27O7P2-3. The lowest BCUT2D eigenvalue weighted by molar-refractivity contribution is -0.700. The molecule has 0 aliphatic carbocycles. The summed E-state index contributed by atoms with van der Waals surface area (Å²) in [6.07, 6.45) is -0.404. The molecule has 20 heavy (non-hydrogen) atoms. The third-order valence-corrected chi connectivity index (χ3v) is 1.40. The molecule has 0 spiro atoms. The summed E-state index contributed by atoms with van der Waals surface area (Å²) in [5.41, 5.74) is 0. The van der Waals surface area contributed by atoms with Crippen LogP contribution in [0.4, 0.5) is 0 Å². The minimum atomic E-state index is -3.47. The van der Waals surface area contributed by atoms with E-state index in [2.05, 4.69) is 30.2 Å². The van der Waals surface area contributed by atoms with E-state index in [1.807, 2.05) is 0 Å². The molecule has 0 saturated carbocycles. The Morgan fingerprint density at radius 1 is 1.00 bits per heavy atom. The fourth-order valence-corrected chi connectivity index (χ4v) is 1.15. The van der Waals surface area contributed by atoms with Crippen molar-refractivity contribution in [3.8, 4) is 0 Å². The predicted octanol–water partition coefficient (Wildman–Crippen LogP) is 1.50. The first-order valence-corrected chi connectivity index (χ1v) is 8.76. The molecule has 7 nitrogen and oxygen atoms in total. The SMILES string of the molecule is CC(C)C.CC(C)OP(C)(=O)[O-].CC(C)O[O-].O=P[O-]. The van der Waals surface area contributed by atoms with E-state index < -0.39 is 16.3 Å². The standard InChI is InChI=1S/C4H11O3P.C4H10.C3H8O2.HO2P/c1-4(2)7-8(3,5)6;1-4(2)3;1-3(2)5-4;1-3-2/h4H,1-3H3,(H,5,6);4H,1-3H3;3-4H,1-2H3;(H,1,2)/p-3. The van der Waals surface area contributed by atoms with Gasteiger partial charge in [-0.25, -0.2) is 0 Å². The van der Waals surface area contributed by atoms with Gasteiger partial charge in [0.25, 0.3) is 0 Å². The van der Waals surface area contributed by atoms with Crippen molar-refractivity contribution in [2.75, 3.05) is 6.66 Å². The van der Waals surface area contributed by atoms with Gasteiger partial charge in [0.15, 0.2) is 0 Å². The average Bonchev–Trinajstić information content (AvgIpc) is 2.14. The molecule has 0 aromatic rings. The van der Waals surface area contributed by atoms with Gasteiger partial charge in [0.1, 0.15) is 7.60 Å². The first kappa shape index (κ1) is 28.3. The van der Waals surface area contributed by atoms with Crippen LogP contribution in [-0.4, -0.2) is 18.9 Å². The molecule has 0 heterocycles. The minimum Gasteiger partial charge on any atom is -0.779 e. The van der Waals surface area contributed by atoms with E-state index in [-0.39, 0.29) is 12.2 Å². The highest BCUT2D eigenvalue weighted by Crippen LogP contribution is 2.32. The van der Waals surface area contributed by atoms with Crippen molar-refractivity contribution >= 4 is 16.3 Å². The van der Waals surface area contributed by atoms with Crippen LogP contribution >= 0.6 is 16.3 Å². The van der Waals surface area contributed by atoms with Gasteiger partial charge in [0, 0.05) is 12.8 Å². The van der Waals surface area contributed by atoms with Crippen molar-refractivity contribution < 1.29 is 33.6 Å². The summed E-state index contributed by atoms with van der Waals surface area (Å²) >= 11 is 0. The van der Waals surface area contributed by atoms with Gasteiger partial charge < -0.3 is 29.0 Å². The Morgan fingerprint density at radius 3 is 1.20 bits per heavy atom. The zero-order valence-corrected chi connectivity index (χ0v) is 15.3. The minimum absolute atomic E-state index is 0.171. The Kier molecular flexibility index (Phi) is 27.1. The van der Waals surface area contributed by atoms with Crippen LogP contribution < -0.4 is 15.0 Å². The predicted molar refractivity (Wildman–Crippen MR) is 74.1 cm³/mol. The lowest BCUT2D eigenvalue weighted by Crippen LogP contribution is -2.12. The molecular weight excluding hydrogens is 306 g/mol. The van der Waals surface area contributed by atoms with Gasteiger partial charge in [-0.2, -0.15) is 0 Å². The molecule has 0 fully saturated rings. The van der Waals surface area contributed by atoms with Crippen LogP contribution in [0.3, 0.4) is 0 Å². The molecule has 0 aliphatic rings. The Morgan fingerprint density at radius 2 is 1.20 bits per heavy atom. The highest BCUT2D eigenvalue weighted by Gasteiger charge is 2.00. The lowest BCUT2D eigenvalue weighted by Gasteiger charge is -2.19. The second kappa shape index (κ2) is 19.1. The molecule has 0 aromatic heterocycles. The Balaban J connectivity index is -0.0000000924. The van der Waals surface area contributed by atoms with Crippen LogP contribution in [0.25, 0.3) is 0 Å². The smallest absolute Gasteiger partial charge is 0.132 e. The van der Waals surface area contributed by atoms with Crippen molar-refractivity contribution in [3.05, 3.63) is 0 Å². The van der Waals surface area contributed by atoms with Crippen LogP contribution in [0.1, 0.15) is 48.5 Å².